The molecule has 0 aliphatic carbocycles. The molecule has 2 heterocycles. The maximum atomic E-state index is 12.2. The van der Waals surface area contributed by atoms with Crippen molar-refractivity contribution in [1.29, 1.82) is 0 Å². The third-order valence-electron chi connectivity index (χ3n) is 2.39. The van der Waals surface area contributed by atoms with E-state index in [2.05, 4.69) is 30.6 Å². The molecule has 0 atom stereocenters. The molecule has 100 valence electrons. The van der Waals surface area contributed by atoms with Crippen molar-refractivity contribution >= 4 is 37.5 Å². The molecule has 0 aromatic carbocycles. The van der Waals surface area contributed by atoms with E-state index in [1.54, 1.807) is 25.3 Å². The molecule has 0 fully saturated rings. The summed E-state index contributed by atoms with van der Waals surface area (Å²) in [5, 5.41) is 0. The van der Waals surface area contributed by atoms with Crippen LogP contribution in [-0.2, 0) is 10.0 Å². The average Bonchev–Trinajstić information content (AvgIpc) is 2.35. The van der Waals surface area contributed by atoms with Crippen LogP contribution < -0.4 is 10.5 Å². The maximum Gasteiger partial charge on any atom is 0.265 e. The number of halogens is 1. The number of nitrogens with zero attached hydrogens (tertiary/aromatic N) is 2. The van der Waals surface area contributed by atoms with E-state index in [1.807, 2.05) is 0 Å². The summed E-state index contributed by atoms with van der Waals surface area (Å²) < 4.78 is 27.5. The minimum absolute atomic E-state index is 0.0581. The average molecular weight is 343 g/mol. The number of hydrogen-bond donors (Lipinski definition) is 2. The quantitative estimate of drug-likeness (QED) is 0.887. The van der Waals surface area contributed by atoms with Gasteiger partial charge in [0.2, 0.25) is 0 Å². The smallest absolute Gasteiger partial charge is 0.265 e. The van der Waals surface area contributed by atoms with Gasteiger partial charge in [-0.2, -0.15) is 0 Å². The van der Waals surface area contributed by atoms with E-state index in [9.17, 15) is 8.42 Å². The zero-order valence-corrected chi connectivity index (χ0v) is 12.4. The molecule has 0 aliphatic heterocycles. The highest BCUT2D eigenvalue weighted by Gasteiger charge is 2.19. The van der Waals surface area contributed by atoms with Crippen molar-refractivity contribution in [1.82, 2.24) is 9.97 Å². The zero-order chi connectivity index (χ0) is 14.0. The van der Waals surface area contributed by atoms with E-state index in [1.165, 1.54) is 12.3 Å². The molecule has 0 spiro atoms. The molecule has 2 aromatic heterocycles. The summed E-state index contributed by atoms with van der Waals surface area (Å²) in [5.41, 5.74) is 6.58. The van der Waals surface area contributed by atoms with Crippen molar-refractivity contribution in [3.05, 3.63) is 40.8 Å². The van der Waals surface area contributed by atoms with Crippen LogP contribution in [-0.4, -0.2) is 18.4 Å². The molecule has 3 N–H and O–H groups in total. The van der Waals surface area contributed by atoms with Crippen molar-refractivity contribution in [2.75, 3.05) is 10.5 Å². The SMILES string of the molecule is Cc1ncccc1NS(=O)(=O)c1cc(Br)cnc1N. The van der Waals surface area contributed by atoms with Gasteiger partial charge in [0.1, 0.15) is 10.7 Å². The van der Waals surface area contributed by atoms with Gasteiger partial charge in [-0.25, -0.2) is 13.4 Å². The van der Waals surface area contributed by atoms with E-state index < -0.39 is 10.0 Å². The van der Waals surface area contributed by atoms with Crippen LogP contribution in [0.25, 0.3) is 0 Å². The van der Waals surface area contributed by atoms with Gasteiger partial charge < -0.3 is 5.73 Å². The topological polar surface area (TPSA) is 98.0 Å². The van der Waals surface area contributed by atoms with Gasteiger partial charge in [0.15, 0.2) is 0 Å². The zero-order valence-electron chi connectivity index (χ0n) is 9.96. The molecular formula is C11H11BrN4O2S. The Morgan fingerprint density at radius 3 is 2.79 bits per heavy atom. The minimum atomic E-state index is -3.80. The Balaban J connectivity index is 2.44. The molecule has 19 heavy (non-hydrogen) atoms. The minimum Gasteiger partial charge on any atom is -0.383 e. The Bertz CT molecular complexity index is 718. The lowest BCUT2D eigenvalue weighted by atomic mass is 10.3. The Labute approximate surface area is 119 Å². The van der Waals surface area contributed by atoms with E-state index in [0.29, 0.717) is 15.9 Å². The molecule has 8 heteroatoms. The van der Waals surface area contributed by atoms with Gasteiger partial charge in [-0.05, 0) is 41.1 Å². The number of aromatic nitrogens is 2. The predicted octanol–water partition coefficient (Wildman–Crippen LogP) is 1.93. The van der Waals surface area contributed by atoms with Crippen LogP contribution in [0.5, 0.6) is 0 Å². The van der Waals surface area contributed by atoms with E-state index in [-0.39, 0.29) is 10.7 Å². The second-order valence-electron chi connectivity index (χ2n) is 3.78. The molecule has 2 aromatic rings. The molecule has 0 saturated heterocycles. The first-order chi connectivity index (χ1) is 8.90. The number of aryl methyl sites for hydroxylation is 1. The van der Waals surface area contributed by atoms with Crippen LogP contribution in [0, 0.1) is 6.92 Å². The van der Waals surface area contributed by atoms with Crippen molar-refractivity contribution in [3.8, 4) is 0 Å². The first kappa shape index (κ1) is 13.8. The molecular weight excluding hydrogens is 332 g/mol. The highest BCUT2D eigenvalue weighted by molar-refractivity contribution is 9.10. The summed E-state index contributed by atoms with van der Waals surface area (Å²) in [6.07, 6.45) is 3.02. The Morgan fingerprint density at radius 2 is 2.11 bits per heavy atom. The molecule has 2 rings (SSSR count). The third-order valence-corrected chi connectivity index (χ3v) is 4.22. The fraction of sp³-hybridized carbons (Fsp3) is 0.0909. The fourth-order valence-corrected chi connectivity index (χ4v) is 3.15. The van der Waals surface area contributed by atoms with Gasteiger partial charge in [-0.3, -0.25) is 9.71 Å². The maximum absolute atomic E-state index is 12.2. The van der Waals surface area contributed by atoms with Crippen LogP contribution in [0.4, 0.5) is 11.5 Å². The molecule has 0 unspecified atom stereocenters. The highest BCUT2D eigenvalue weighted by Crippen LogP contribution is 2.23. The summed E-state index contributed by atoms with van der Waals surface area (Å²) >= 11 is 3.17. The summed E-state index contributed by atoms with van der Waals surface area (Å²) in [6, 6.07) is 4.67. The number of nitrogen functional groups attached to an aromatic ring is 1. The number of nitrogens with two attached hydrogens (primary N) is 1. The van der Waals surface area contributed by atoms with Crippen LogP contribution in [0.3, 0.4) is 0 Å². The van der Waals surface area contributed by atoms with Gasteiger partial charge >= 0.3 is 0 Å². The van der Waals surface area contributed by atoms with Gasteiger partial charge in [0.05, 0.1) is 11.4 Å². The van der Waals surface area contributed by atoms with E-state index in [0.717, 1.165) is 0 Å². The first-order valence-electron chi connectivity index (χ1n) is 5.25. The van der Waals surface area contributed by atoms with Gasteiger partial charge in [0.25, 0.3) is 10.0 Å². The second-order valence-corrected chi connectivity index (χ2v) is 6.35. The molecule has 6 nitrogen and oxygen atoms in total. The lowest BCUT2D eigenvalue weighted by Crippen LogP contribution is -2.16. The largest absolute Gasteiger partial charge is 0.383 e. The summed E-state index contributed by atoms with van der Waals surface area (Å²) in [4.78, 5) is 7.74. The lowest BCUT2D eigenvalue weighted by Gasteiger charge is -2.11. The Hall–Kier alpha value is -1.67. The predicted molar refractivity (Wildman–Crippen MR) is 76.1 cm³/mol. The second kappa shape index (κ2) is 5.14. The number of sulfonamides is 1. The van der Waals surface area contributed by atoms with Gasteiger partial charge in [-0.1, -0.05) is 0 Å². The van der Waals surface area contributed by atoms with Crippen molar-refractivity contribution in [2.24, 2.45) is 0 Å². The van der Waals surface area contributed by atoms with Gasteiger partial charge in [-0.15, -0.1) is 0 Å². The first-order valence-corrected chi connectivity index (χ1v) is 7.53. The molecule has 0 aliphatic rings. The van der Waals surface area contributed by atoms with E-state index >= 15 is 0 Å². The number of pyridine rings is 2. The van der Waals surface area contributed by atoms with Crippen LogP contribution >= 0.6 is 15.9 Å². The van der Waals surface area contributed by atoms with E-state index in [4.69, 9.17) is 5.73 Å². The number of anilines is 2. The summed E-state index contributed by atoms with van der Waals surface area (Å²) in [6.45, 7) is 1.71. The number of hydrogen-bond acceptors (Lipinski definition) is 5. The van der Waals surface area contributed by atoms with Crippen LogP contribution in [0.1, 0.15) is 5.69 Å². The molecule has 0 bridgehead atoms. The molecule has 0 amide bonds. The van der Waals surface area contributed by atoms with Gasteiger partial charge in [0, 0.05) is 16.9 Å². The van der Waals surface area contributed by atoms with Crippen LogP contribution in [0.2, 0.25) is 0 Å². The Morgan fingerprint density at radius 1 is 1.37 bits per heavy atom. The molecule has 0 saturated carbocycles. The van der Waals surface area contributed by atoms with Crippen LogP contribution in [0.15, 0.2) is 40.0 Å². The standard InChI is InChI=1S/C11H11BrN4O2S/c1-7-9(3-2-4-14-7)16-19(17,18)10-5-8(12)6-15-11(10)13/h2-6,16H,1H3,(H2,13,15). The molecule has 0 radical (unpaired) electrons. The fourth-order valence-electron chi connectivity index (χ4n) is 1.44. The summed E-state index contributed by atoms with van der Waals surface area (Å²) in [7, 11) is -3.80. The highest BCUT2D eigenvalue weighted by atomic mass is 79.9. The third kappa shape index (κ3) is 3.02. The monoisotopic (exact) mass is 342 g/mol. The Kier molecular flexibility index (Phi) is 3.72. The summed E-state index contributed by atoms with van der Waals surface area (Å²) in [5.74, 6) is -0.0581. The number of nitrogens with one attached hydrogen (secondary N) is 1. The van der Waals surface area contributed by atoms with Crippen molar-refractivity contribution in [3.63, 3.8) is 0 Å². The lowest BCUT2D eigenvalue weighted by molar-refractivity contribution is 0.601. The normalized spacial score (nSPS) is 11.3. The van der Waals surface area contributed by atoms with Crippen molar-refractivity contribution in [2.45, 2.75) is 11.8 Å². The number of rotatable bonds is 3. The van der Waals surface area contributed by atoms with Crippen molar-refractivity contribution < 1.29 is 8.42 Å².